The zero-order valence-corrected chi connectivity index (χ0v) is 14.7. The summed E-state index contributed by atoms with van der Waals surface area (Å²) < 4.78 is 0. The molecule has 4 nitrogen and oxygen atoms in total. The lowest BCUT2D eigenvalue weighted by atomic mass is 9.97. The highest BCUT2D eigenvalue weighted by atomic mass is 35.5. The zero-order valence-electron chi connectivity index (χ0n) is 13.1. The molecule has 2 rings (SSSR count). The van der Waals surface area contributed by atoms with Gasteiger partial charge >= 0.3 is 0 Å². The van der Waals surface area contributed by atoms with Crippen molar-refractivity contribution in [3.63, 3.8) is 0 Å². The number of carbonyl (C=O) groups excluding carboxylic acids is 1. The normalized spacial score (nSPS) is 13.1. The molecule has 0 spiro atoms. The van der Waals surface area contributed by atoms with Crippen LogP contribution >= 0.6 is 23.7 Å². The third kappa shape index (κ3) is 4.29. The van der Waals surface area contributed by atoms with Crippen LogP contribution in [0.3, 0.4) is 0 Å². The molecular formula is C16H22ClN3OS. The highest BCUT2D eigenvalue weighted by Crippen LogP contribution is 2.27. The van der Waals surface area contributed by atoms with Crippen LogP contribution in [0.4, 0.5) is 5.13 Å². The van der Waals surface area contributed by atoms with Gasteiger partial charge in [-0.05, 0) is 25.8 Å². The molecule has 2 aromatic rings. The first-order valence-corrected chi connectivity index (χ1v) is 7.94. The third-order valence-electron chi connectivity index (χ3n) is 3.43. The van der Waals surface area contributed by atoms with E-state index in [-0.39, 0.29) is 18.3 Å². The Labute approximate surface area is 141 Å². The summed E-state index contributed by atoms with van der Waals surface area (Å²) in [6, 6.07) is 8.06. The molecule has 0 saturated carbocycles. The summed E-state index contributed by atoms with van der Waals surface area (Å²) in [4.78, 5) is 16.7. The average molecular weight is 340 g/mol. The number of hydrogen-bond acceptors (Lipinski definition) is 4. The highest BCUT2D eigenvalue weighted by molar-refractivity contribution is 7.14. The van der Waals surface area contributed by atoms with E-state index in [9.17, 15) is 4.79 Å². The number of benzene rings is 1. The number of rotatable bonds is 5. The van der Waals surface area contributed by atoms with E-state index in [1.54, 1.807) is 6.92 Å². The number of aryl methyl sites for hydroxylation is 1. The van der Waals surface area contributed by atoms with Gasteiger partial charge in [0.1, 0.15) is 0 Å². The van der Waals surface area contributed by atoms with Gasteiger partial charge in [0, 0.05) is 10.9 Å². The maximum absolute atomic E-state index is 12.2. The minimum Gasteiger partial charge on any atom is -0.318 e. The largest absolute Gasteiger partial charge is 0.318 e. The molecule has 0 aliphatic rings. The topological polar surface area (TPSA) is 68.0 Å². The molecule has 0 bridgehead atoms. The van der Waals surface area contributed by atoms with Crippen LogP contribution in [0.2, 0.25) is 0 Å². The Bertz CT molecular complexity index is 640. The van der Waals surface area contributed by atoms with Gasteiger partial charge in [-0.3, -0.25) is 4.79 Å². The first-order chi connectivity index (χ1) is 9.94. The van der Waals surface area contributed by atoms with Crippen molar-refractivity contribution < 1.29 is 4.79 Å². The summed E-state index contributed by atoms with van der Waals surface area (Å²) >= 11 is 1.42. The number of aromatic nitrogens is 1. The predicted octanol–water partition coefficient (Wildman–Crippen LogP) is 4.00. The first kappa shape index (κ1) is 18.6. The van der Waals surface area contributed by atoms with Crippen molar-refractivity contribution in [1.82, 2.24) is 4.98 Å². The number of nitrogens with two attached hydrogens (primary N) is 1. The van der Waals surface area contributed by atoms with Crippen LogP contribution in [0.5, 0.6) is 0 Å². The number of carbonyl (C=O) groups is 1. The number of thiazole rings is 1. The van der Waals surface area contributed by atoms with Crippen molar-refractivity contribution in [1.29, 1.82) is 0 Å². The van der Waals surface area contributed by atoms with Gasteiger partial charge in [-0.15, -0.1) is 23.7 Å². The van der Waals surface area contributed by atoms with E-state index in [0.717, 1.165) is 23.2 Å². The number of nitrogens with zero attached hydrogens (tertiary/aromatic N) is 1. The van der Waals surface area contributed by atoms with Crippen LogP contribution in [0, 0.1) is 6.92 Å². The van der Waals surface area contributed by atoms with Gasteiger partial charge in [0.25, 0.3) is 0 Å². The molecule has 0 aliphatic heterocycles. The molecule has 0 saturated heterocycles. The predicted molar refractivity (Wildman–Crippen MR) is 95.7 cm³/mol. The fourth-order valence-corrected chi connectivity index (χ4v) is 2.89. The summed E-state index contributed by atoms with van der Waals surface area (Å²) in [7, 11) is 0. The van der Waals surface area contributed by atoms with Gasteiger partial charge in [-0.1, -0.05) is 37.6 Å². The fraction of sp³-hybridized carbons (Fsp3) is 0.375. The van der Waals surface area contributed by atoms with E-state index in [4.69, 9.17) is 5.73 Å². The van der Waals surface area contributed by atoms with Crippen molar-refractivity contribution in [2.24, 2.45) is 5.73 Å². The molecule has 1 amide bonds. The number of anilines is 1. The lowest BCUT2D eigenvalue weighted by molar-refractivity contribution is -0.120. The summed E-state index contributed by atoms with van der Waals surface area (Å²) in [5.41, 5.74) is 8.29. The molecule has 0 aliphatic carbocycles. The Morgan fingerprint density at radius 1 is 1.41 bits per heavy atom. The van der Waals surface area contributed by atoms with Crippen LogP contribution in [-0.2, 0) is 4.79 Å². The molecule has 1 aromatic heterocycles. The summed E-state index contributed by atoms with van der Waals surface area (Å²) in [5, 5.41) is 5.36. The van der Waals surface area contributed by atoms with Crippen molar-refractivity contribution >= 4 is 34.8 Å². The van der Waals surface area contributed by atoms with Crippen molar-refractivity contribution in [2.75, 3.05) is 5.32 Å². The van der Waals surface area contributed by atoms with Crippen LogP contribution < -0.4 is 11.1 Å². The Balaban J connectivity index is 0.00000242. The van der Waals surface area contributed by atoms with Gasteiger partial charge in [0.2, 0.25) is 5.91 Å². The number of nitrogens with one attached hydrogen (secondary N) is 1. The summed E-state index contributed by atoms with van der Waals surface area (Å²) in [6.45, 7) is 5.81. The SMILES string of the molecule is CCCC(C)(N)C(=O)Nc1nc(-c2ccccc2C)cs1.Cl. The highest BCUT2D eigenvalue weighted by Gasteiger charge is 2.27. The second-order valence-electron chi connectivity index (χ2n) is 5.47. The third-order valence-corrected chi connectivity index (χ3v) is 4.19. The number of hydrogen-bond donors (Lipinski definition) is 2. The fourth-order valence-electron chi connectivity index (χ4n) is 2.19. The quantitative estimate of drug-likeness (QED) is 0.865. The Morgan fingerprint density at radius 2 is 2.09 bits per heavy atom. The molecular weight excluding hydrogens is 318 g/mol. The minimum atomic E-state index is -0.858. The van der Waals surface area contributed by atoms with E-state index >= 15 is 0 Å². The van der Waals surface area contributed by atoms with Crippen LogP contribution in [-0.4, -0.2) is 16.4 Å². The van der Waals surface area contributed by atoms with E-state index in [0.29, 0.717) is 11.6 Å². The molecule has 22 heavy (non-hydrogen) atoms. The number of amides is 1. The van der Waals surface area contributed by atoms with Crippen LogP contribution in [0.25, 0.3) is 11.3 Å². The standard InChI is InChI=1S/C16H21N3OS.ClH/c1-4-9-16(3,17)14(20)19-15-18-13(10-21-15)12-8-6-5-7-11(12)2;/h5-8,10H,4,9,17H2,1-3H3,(H,18,19,20);1H. The zero-order chi connectivity index (χ0) is 15.5. The second kappa shape index (κ2) is 7.72. The molecule has 120 valence electrons. The molecule has 0 radical (unpaired) electrons. The van der Waals surface area contributed by atoms with Gasteiger partial charge < -0.3 is 11.1 Å². The van der Waals surface area contributed by atoms with Crippen molar-refractivity contribution in [3.05, 3.63) is 35.2 Å². The monoisotopic (exact) mass is 339 g/mol. The van der Waals surface area contributed by atoms with Gasteiger partial charge in [0.15, 0.2) is 5.13 Å². The van der Waals surface area contributed by atoms with E-state index in [1.165, 1.54) is 11.3 Å². The van der Waals surface area contributed by atoms with Crippen molar-refractivity contribution in [3.8, 4) is 11.3 Å². The lowest BCUT2D eigenvalue weighted by Crippen LogP contribution is -2.48. The van der Waals surface area contributed by atoms with Crippen molar-refractivity contribution in [2.45, 2.75) is 39.2 Å². The molecule has 1 atom stereocenters. The smallest absolute Gasteiger partial charge is 0.245 e. The summed E-state index contributed by atoms with van der Waals surface area (Å²) in [5.74, 6) is -0.185. The van der Waals surface area contributed by atoms with Crippen LogP contribution in [0.15, 0.2) is 29.6 Å². The Kier molecular flexibility index (Phi) is 6.53. The van der Waals surface area contributed by atoms with E-state index in [2.05, 4.69) is 10.3 Å². The maximum atomic E-state index is 12.2. The molecule has 0 fully saturated rings. The molecule has 1 heterocycles. The minimum absolute atomic E-state index is 0. The second-order valence-corrected chi connectivity index (χ2v) is 6.33. The van der Waals surface area contributed by atoms with Gasteiger partial charge in [0.05, 0.1) is 11.2 Å². The molecule has 1 unspecified atom stereocenters. The first-order valence-electron chi connectivity index (χ1n) is 7.06. The van der Waals surface area contributed by atoms with E-state index < -0.39 is 5.54 Å². The number of halogens is 1. The molecule has 6 heteroatoms. The maximum Gasteiger partial charge on any atom is 0.245 e. The van der Waals surface area contributed by atoms with E-state index in [1.807, 2.05) is 43.5 Å². The summed E-state index contributed by atoms with van der Waals surface area (Å²) in [6.07, 6.45) is 1.52. The van der Waals surface area contributed by atoms with Gasteiger partial charge in [-0.25, -0.2) is 4.98 Å². The van der Waals surface area contributed by atoms with Crippen LogP contribution in [0.1, 0.15) is 32.3 Å². The van der Waals surface area contributed by atoms with Gasteiger partial charge in [-0.2, -0.15) is 0 Å². The average Bonchev–Trinajstić information content (AvgIpc) is 2.87. The molecule has 3 N–H and O–H groups in total. The molecule has 1 aromatic carbocycles. The Hall–Kier alpha value is -1.43. The lowest BCUT2D eigenvalue weighted by Gasteiger charge is -2.21. The Morgan fingerprint density at radius 3 is 2.73 bits per heavy atom.